The van der Waals surface area contributed by atoms with E-state index in [2.05, 4.69) is 32.4 Å². The Balaban J connectivity index is 1.51. The maximum Gasteiger partial charge on any atom is 0.299 e. The third-order valence-electron chi connectivity index (χ3n) is 7.08. The number of benzene rings is 1. The molecule has 3 N–H and O–H groups in total. The molecule has 0 spiro atoms. The van der Waals surface area contributed by atoms with Crippen LogP contribution >= 0.6 is 0 Å². The van der Waals surface area contributed by atoms with Gasteiger partial charge in [0.25, 0.3) is 11.8 Å². The molecule has 39 heavy (non-hydrogen) atoms. The van der Waals surface area contributed by atoms with Crippen LogP contribution in [0.4, 0.5) is 15.8 Å². The van der Waals surface area contributed by atoms with E-state index in [1.165, 1.54) is 13.2 Å². The van der Waals surface area contributed by atoms with E-state index in [1.54, 1.807) is 42.4 Å². The number of amides is 2. The molecule has 2 aromatic heterocycles. The van der Waals surface area contributed by atoms with Gasteiger partial charge in [-0.15, -0.1) is 0 Å². The molecule has 1 atom stereocenters. The predicted octanol–water partition coefficient (Wildman–Crippen LogP) is 4.04. The number of rotatable bonds is 7. The summed E-state index contributed by atoms with van der Waals surface area (Å²) in [4.78, 5) is 34.9. The second kappa shape index (κ2) is 10.3. The van der Waals surface area contributed by atoms with E-state index < -0.39 is 5.82 Å². The molecular formula is C29H30FN5O4. The zero-order valence-corrected chi connectivity index (χ0v) is 22.3. The first-order valence-corrected chi connectivity index (χ1v) is 12.7. The number of ether oxygens (including phenoxy) is 2. The Hall–Kier alpha value is -4.52. The highest BCUT2D eigenvalue weighted by Crippen LogP contribution is 2.42. The Morgan fingerprint density at radius 2 is 2.15 bits per heavy atom. The Labute approximate surface area is 226 Å². The maximum absolute atomic E-state index is 14.5. The van der Waals surface area contributed by atoms with Crippen LogP contribution in [0.5, 0.6) is 11.5 Å². The minimum atomic E-state index is -0.527. The van der Waals surface area contributed by atoms with Crippen LogP contribution in [-0.4, -0.2) is 58.5 Å². The monoisotopic (exact) mass is 531 g/mol. The fourth-order valence-corrected chi connectivity index (χ4v) is 5.43. The van der Waals surface area contributed by atoms with Crippen LogP contribution in [-0.2, 0) is 11.2 Å². The number of nitrogens with one attached hydrogen (secondary N) is 3. The summed E-state index contributed by atoms with van der Waals surface area (Å²) < 4.78 is 26.0. The van der Waals surface area contributed by atoms with Crippen molar-refractivity contribution in [1.82, 2.24) is 20.2 Å². The molecule has 5 rings (SSSR count). The standard InChI is InChI=1S/C29H30FN5O4/c1-5-7-23(36)35-17(14-29(35,2)3)16-39-22-15-31-12-10-18(22)25-26(24-20(33-25)11-13-32-28(24)37)34-21-9-6-8-19(30)27(21)38-4/h6,8-10,12,15,17,33-34H,11,13-14,16H2,1-4H3,(H,32,37)/t17-/m0/s1. The number of aromatic amines is 1. The number of fused-ring (bicyclic) bond motifs is 1. The van der Waals surface area contributed by atoms with Crippen molar-refractivity contribution in [2.24, 2.45) is 0 Å². The molecule has 202 valence electrons. The third kappa shape index (κ3) is 4.76. The largest absolute Gasteiger partial charge is 0.492 e. The molecular weight excluding hydrogens is 501 g/mol. The molecule has 3 aromatic rings. The lowest BCUT2D eigenvalue weighted by Crippen LogP contribution is -2.66. The molecule has 1 saturated heterocycles. The number of aromatic nitrogens is 2. The van der Waals surface area contributed by atoms with Gasteiger partial charge in [0.05, 0.1) is 42.0 Å². The predicted molar refractivity (Wildman–Crippen MR) is 145 cm³/mol. The number of carbonyl (C=O) groups excluding carboxylic acids is 2. The summed E-state index contributed by atoms with van der Waals surface area (Å²) in [5.41, 5.74) is 3.00. The summed E-state index contributed by atoms with van der Waals surface area (Å²) in [6, 6.07) is 6.20. The summed E-state index contributed by atoms with van der Waals surface area (Å²) in [6.07, 6.45) is 4.60. The van der Waals surface area contributed by atoms with Gasteiger partial charge in [-0.05, 0) is 51.3 Å². The van der Waals surface area contributed by atoms with Crippen molar-refractivity contribution in [2.75, 3.05) is 25.6 Å². The summed E-state index contributed by atoms with van der Waals surface area (Å²) in [5.74, 6) is 4.82. The average Bonchev–Trinajstić information content (AvgIpc) is 3.26. The van der Waals surface area contributed by atoms with Crippen molar-refractivity contribution in [3.63, 3.8) is 0 Å². The second-order valence-corrected chi connectivity index (χ2v) is 10.1. The van der Waals surface area contributed by atoms with Crippen LogP contribution in [0, 0.1) is 17.7 Å². The summed E-state index contributed by atoms with van der Waals surface area (Å²) in [6.45, 7) is 6.39. The zero-order chi connectivity index (χ0) is 27.7. The number of hydrogen-bond acceptors (Lipinski definition) is 6. The van der Waals surface area contributed by atoms with Crippen molar-refractivity contribution in [3.8, 4) is 34.6 Å². The minimum Gasteiger partial charge on any atom is -0.492 e. The molecule has 0 saturated carbocycles. The number of H-pyrrole nitrogens is 1. The van der Waals surface area contributed by atoms with Crippen molar-refractivity contribution in [3.05, 3.63) is 53.7 Å². The molecule has 10 heteroatoms. The molecule has 0 aliphatic carbocycles. The van der Waals surface area contributed by atoms with Gasteiger partial charge in [-0.1, -0.05) is 12.0 Å². The van der Waals surface area contributed by atoms with Gasteiger partial charge in [0.15, 0.2) is 11.6 Å². The SMILES string of the molecule is CC#CC(=O)N1[C@H](COc2cnccc2-c2[nH]c3c(c2Nc2cccc(F)c2OC)C(=O)NCC3)CC1(C)C. The fourth-order valence-electron chi connectivity index (χ4n) is 5.43. The van der Waals surface area contributed by atoms with Crippen molar-refractivity contribution in [1.29, 1.82) is 0 Å². The smallest absolute Gasteiger partial charge is 0.299 e. The van der Waals surface area contributed by atoms with Crippen LogP contribution in [0.2, 0.25) is 0 Å². The molecule has 1 fully saturated rings. The molecule has 0 radical (unpaired) electrons. The lowest BCUT2D eigenvalue weighted by molar-refractivity contribution is -0.149. The van der Waals surface area contributed by atoms with Gasteiger partial charge in [0, 0.05) is 36.0 Å². The van der Waals surface area contributed by atoms with Crippen LogP contribution in [0.1, 0.15) is 43.2 Å². The van der Waals surface area contributed by atoms with E-state index in [-0.39, 0.29) is 35.8 Å². The molecule has 1 aromatic carbocycles. The number of halogens is 1. The molecule has 2 amide bonds. The average molecular weight is 532 g/mol. The van der Waals surface area contributed by atoms with E-state index >= 15 is 0 Å². The summed E-state index contributed by atoms with van der Waals surface area (Å²) in [7, 11) is 1.39. The van der Waals surface area contributed by atoms with Gasteiger partial charge in [-0.2, -0.15) is 0 Å². The maximum atomic E-state index is 14.5. The van der Waals surface area contributed by atoms with Crippen LogP contribution < -0.4 is 20.1 Å². The topological polar surface area (TPSA) is 109 Å². The second-order valence-electron chi connectivity index (χ2n) is 10.1. The van der Waals surface area contributed by atoms with Gasteiger partial charge in [-0.25, -0.2) is 4.39 Å². The van der Waals surface area contributed by atoms with Crippen LogP contribution in [0.25, 0.3) is 11.3 Å². The highest BCUT2D eigenvalue weighted by atomic mass is 19.1. The molecule has 2 aliphatic rings. The third-order valence-corrected chi connectivity index (χ3v) is 7.08. The minimum absolute atomic E-state index is 0.0355. The molecule has 2 aliphatic heterocycles. The van der Waals surface area contributed by atoms with Gasteiger partial charge in [-0.3, -0.25) is 14.6 Å². The van der Waals surface area contributed by atoms with Crippen LogP contribution in [0.15, 0.2) is 36.7 Å². The Kier molecular flexibility index (Phi) is 6.91. The number of nitrogens with zero attached hydrogens (tertiary/aromatic N) is 2. The lowest BCUT2D eigenvalue weighted by Gasteiger charge is -2.53. The summed E-state index contributed by atoms with van der Waals surface area (Å²) >= 11 is 0. The molecule has 0 bridgehead atoms. The number of para-hydroxylation sites is 1. The fraction of sp³-hybridized carbons (Fsp3) is 0.345. The van der Waals surface area contributed by atoms with Gasteiger partial charge >= 0.3 is 0 Å². The first-order chi connectivity index (χ1) is 18.7. The summed E-state index contributed by atoms with van der Waals surface area (Å²) in [5, 5.41) is 6.11. The number of likely N-dealkylation sites (tertiary alicyclic amines) is 1. The van der Waals surface area contributed by atoms with E-state index in [0.717, 1.165) is 12.1 Å². The first-order valence-electron chi connectivity index (χ1n) is 12.7. The first kappa shape index (κ1) is 26.1. The normalized spacial score (nSPS) is 17.2. The van der Waals surface area contributed by atoms with E-state index in [0.29, 0.717) is 46.9 Å². The van der Waals surface area contributed by atoms with Crippen molar-refractivity contribution < 1.29 is 23.5 Å². The Morgan fingerprint density at radius 3 is 2.90 bits per heavy atom. The highest BCUT2D eigenvalue weighted by molar-refractivity contribution is 6.06. The van der Waals surface area contributed by atoms with E-state index in [4.69, 9.17) is 9.47 Å². The lowest BCUT2D eigenvalue weighted by atomic mass is 9.81. The number of carbonyl (C=O) groups is 2. The molecule has 9 nitrogen and oxygen atoms in total. The number of methoxy groups -OCH3 is 1. The quantitative estimate of drug-likeness (QED) is 0.397. The number of hydrogen-bond donors (Lipinski definition) is 3. The van der Waals surface area contributed by atoms with Gasteiger partial charge in [0.2, 0.25) is 0 Å². The highest BCUT2D eigenvalue weighted by Gasteiger charge is 2.47. The molecule has 4 heterocycles. The van der Waals surface area contributed by atoms with Crippen molar-refractivity contribution in [2.45, 2.75) is 45.2 Å². The molecule has 0 unspecified atom stereocenters. The number of anilines is 2. The zero-order valence-electron chi connectivity index (χ0n) is 22.3. The Bertz CT molecular complexity index is 1500. The van der Waals surface area contributed by atoms with E-state index in [9.17, 15) is 14.0 Å². The van der Waals surface area contributed by atoms with Crippen LogP contribution in [0.3, 0.4) is 0 Å². The number of pyridine rings is 1. The van der Waals surface area contributed by atoms with Gasteiger partial charge < -0.3 is 30.0 Å². The van der Waals surface area contributed by atoms with Gasteiger partial charge in [0.1, 0.15) is 12.4 Å². The van der Waals surface area contributed by atoms with E-state index in [1.807, 2.05) is 13.8 Å². The van der Waals surface area contributed by atoms with Crippen molar-refractivity contribution >= 4 is 23.2 Å². The Morgan fingerprint density at radius 1 is 1.33 bits per heavy atom.